The predicted molar refractivity (Wildman–Crippen MR) is 121 cm³/mol. The summed E-state index contributed by atoms with van der Waals surface area (Å²) in [5, 5.41) is 6.40. The van der Waals surface area contributed by atoms with E-state index in [4.69, 9.17) is 11.6 Å². The van der Waals surface area contributed by atoms with Gasteiger partial charge in [-0.15, -0.1) is 0 Å². The van der Waals surface area contributed by atoms with Crippen LogP contribution >= 0.6 is 11.6 Å². The Hall–Kier alpha value is -3.31. The lowest BCUT2D eigenvalue weighted by molar-refractivity contribution is -0.119. The van der Waals surface area contributed by atoms with Crippen molar-refractivity contribution < 1.29 is 9.59 Å². The van der Waals surface area contributed by atoms with Crippen molar-refractivity contribution in [3.05, 3.63) is 83.9 Å². The van der Waals surface area contributed by atoms with Crippen molar-refractivity contribution in [2.24, 2.45) is 0 Å². The second kappa shape index (κ2) is 9.01. The molecule has 1 fully saturated rings. The number of carbonyl (C=O) groups excluding carboxylic acids is 2. The van der Waals surface area contributed by atoms with Gasteiger partial charge in [0.25, 0.3) is 0 Å². The summed E-state index contributed by atoms with van der Waals surface area (Å²) < 4.78 is 0. The first-order valence-corrected chi connectivity index (χ1v) is 10.3. The quantitative estimate of drug-likeness (QED) is 0.574. The number of benzene rings is 3. The van der Waals surface area contributed by atoms with Crippen LogP contribution in [0.1, 0.15) is 12.8 Å². The Morgan fingerprint density at radius 2 is 1.67 bits per heavy atom. The van der Waals surface area contributed by atoms with Gasteiger partial charge in [0.1, 0.15) is 6.04 Å². The summed E-state index contributed by atoms with van der Waals surface area (Å²) in [5.74, 6) is -0.183. The monoisotopic (exact) mass is 419 g/mol. The number of halogens is 1. The van der Waals surface area contributed by atoms with Gasteiger partial charge in [-0.25, -0.2) is 4.79 Å². The van der Waals surface area contributed by atoms with Gasteiger partial charge < -0.3 is 15.5 Å². The number of urea groups is 1. The van der Waals surface area contributed by atoms with Crippen molar-refractivity contribution in [1.82, 2.24) is 4.90 Å². The number of anilines is 2. The van der Waals surface area contributed by atoms with Crippen molar-refractivity contribution in [2.75, 3.05) is 17.2 Å². The average molecular weight is 420 g/mol. The van der Waals surface area contributed by atoms with Gasteiger partial charge in [0.05, 0.1) is 0 Å². The maximum Gasteiger partial charge on any atom is 0.322 e. The minimum absolute atomic E-state index is 0.183. The van der Waals surface area contributed by atoms with E-state index in [1.807, 2.05) is 54.6 Å². The molecule has 4 rings (SSSR count). The Morgan fingerprint density at radius 3 is 2.47 bits per heavy atom. The Kier molecular flexibility index (Phi) is 6.00. The third kappa shape index (κ3) is 4.47. The van der Waals surface area contributed by atoms with Crippen molar-refractivity contribution in [1.29, 1.82) is 0 Å². The fraction of sp³-hybridized carbons (Fsp3) is 0.167. The zero-order valence-electron chi connectivity index (χ0n) is 16.3. The van der Waals surface area contributed by atoms with Crippen LogP contribution in [0, 0.1) is 0 Å². The van der Waals surface area contributed by atoms with Crippen molar-refractivity contribution in [2.45, 2.75) is 18.9 Å². The molecular weight excluding hydrogens is 398 g/mol. The molecule has 5 nitrogen and oxygen atoms in total. The second-order valence-corrected chi connectivity index (χ2v) is 7.63. The number of hydrogen-bond acceptors (Lipinski definition) is 2. The van der Waals surface area contributed by atoms with Crippen LogP contribution in [0.2, 0.25) is 5.02 Å². The zero-order chi connectivity index (χ0) is 20.9. The minimum Gasteiger partial charge on any atom is -0.324 e. The van der Waals surface area contributed by atoms with Gasteiger partial charge in [0, 0.05) is 28.5 Å². The number of nitrogens with zero attached hydrogens (tertiary/aromatic N) is 1. The highest BCUT2D eigenvalue weighted by atomic mass is 35.5. The molecule has 3 aromatic rings. The van der Waals surface area contributed by atoms with Gasteiger partial charge >= 0.3 is 6.03 Å². The Labute approximate surface area is 180 Å². The molecule has 3 aromatic carbocycles. The Balaban J connectivity index is 1.49. The first kappa shape index (κ1) is 20.0. The molecule has 30 heavy (non-hydrogen) atoms. The molecule has 1 aliphatic rings. The molecule has 0 bridgehead atoms. The number of carbonyl (C=O) groups is 2. The smallest absolute Gasteiger partial charge is 0.322 e. The molecule has 1 heterocycles. The normalized spacial score (nSPS) is 15.6. The fourth-order valence-corrected chi connectivity index (χ4v) is 3.91. The topological polar surface area (TPSA) is 61.4 Å². The average Bonchev–Trinajstić information content (AvgIpc) is 3.25. The van der Waals surface area contributed by atoms with Gasteiger partial charge in [-0.3, -0.25) is 4.79 Å². The predicted octanol–water partition coefficient (Wildman–Crippen LogP) is 5.64. The lowest BCUT2D eigenvalue weighted by atomic mass is 10.0. The van der Waals surface area contributed by atoms with Gasteiger partial charge in [0.15, 0.2) is 0 Å². The van der Waals surface area contributed by atoms with Gasteiger partial charge in [-0.05, 0) is 42.7 Å². The van der Waals surface area contributed by atoms with E-state index in [1.54, 1.807) is 29.2 Å². The fourth-order valence-electron chi connectivity index (χ4n) is 3.72. The Morgan fingerprint density at radius 1 is 0.900 bits per heavy atom. The molecule has 0 aromatic heterocycles. The third-order valence-electron chi connectivity index (χ3n) is 5.16. The zero-order valence-corrected chi connectivity index (χ0v) is 17.1. The van der Waals surface area contributed by atoms with Gasteiger partial charge in [-0.2, -0.15) is 0 Å². The Bertz CT molecular complexity index is 1060. The largest absolute Gasteiger partial charge is 0.324 e. The maximum atomic E-state index is 13.1. The van der Waals surface area contributed by atoms with Crippen LogP contribution in [0.15, 0.2) is 78.9 Å². The minimum atomic E-state index is -0.520. The van der Waals surface area contributed by atoms with Gasteiger partial charge in [-0.1, -0.05) is 66.2 Å². The molecular formula is C24H22ClN3O2. The van der Waals surface area contributed by atoms with Crippen LogP contribution in [0.3, 0.4) is 0 Å². The van der Waals surface area contributed by atoms with E-state index in [9.17, 15) is 9.59 Å². The van der Waals surface area contributed by atoms with Crippen molar-refractivity contribution in [3.63, 3.8) is 0 Å². The van der Waals surface area contributed by atoms with E-state index in [0.29, 0.717) is 23.7 Å². The van der Waals surface area contributed by atoms with E-state index in [0.717, 1.165) is 23.2 Å². The molecule has 0 unspecified atom stereocenters. The lowest BCUT2D eigenvalue weighted by Gasteiger charge is -2.25. The molecule has 2 N–H and O–H groups in total. The van der Waals surface area contributed by atoms with Crippen LogP contribution < -0.4 is 10.6 Å². The number of amides is 3. The maximum absolute atomic E-state index is 13.1. The molecule has 1 aliphatic heterocycles. The number of para-hydroxylation sites is 1. The molecule has 1 saturated heterocycles. The van der Waals surface area contributed by atoms with Crippen LogP contribution in [-0.4, -0.2) is 29.4 Å². The van der Waals surface area contributed by atoms with E-state index in [1.165, 1.54) is 0 Å². The number of likely N-dealkylation sites (tertiary alicyclic amines) is 1. The lowest BCUT2D eigenvalue weighted by Crippen LogP contribution is -2.45. The summed E-state index contributed by atoms with van der Waals surface area (Å²) in [6.07, 6.45) is 1.41. The number of rotatable bonds is 4. The van der Waals surface area contributed by atoms with E-state index < -0.39 is 6.04 Å². The molecule has 6 heteroatoms. The molecule has 1 atom stereocenters. The standard InChI is InChI=1S/C24H22ClN3O2/c25-18-10-6-11-19(16-18)26-24(30)28-15-7-14-22(28)23(29)27-21-13-5-4-12-20(21)17-8-2-1-3-9-17/h1-6,8-13,16,22H,7,14-15H2,(H,26,30)(H,27,29)/t22-/m1/s1. The van der Waals surface area contributed by atoms with Crippen LogP contribution in [0.5, 0.6) is 0 Å². The SMILES string of the molecule is O=C(Nc1ccccc1-c1ccccc1)[C@H]1CCCN1C(=O)Nc1cccc(Cl)c1. The highest BCUT2D eigenvalue weighted by Gasteiger charge is 2.34. The third-order valence-corrected chi connectivity index (χ3v) is 5.40. The summed E-state index contributed by atoms with van der Waals surface area (Å²) >= 11 is 5.99. The summed E-state index contributed by atoms with van der Waals surface area (Å²) in [6, 6.07) is 23.7. The summed E-state index contributed by atoms with van der Waals surface area (Å²) in [4.78, 5) is 27.4. The highest BCUT2D eigenvalue weighted by molar-refractivity contribution is 6.30. The highest BCUT2D eigenvalue weighted by Crippen LogP contribution is 2.29. The molecule has 0 radical (unpaired) electrons. The first-order valence-electron chi connectivity index (χ1n) is 9.90. The van der Waals surface area contributed by atoms with E-state index in [2.05, 4.69) is 10.6 Å². The van der Waals surface area contributed by atoms with Crippen LogP contribution in [-0.2, 0) is 4.79 Å². The second-order valence-electron chi connectivity index (χ2n) is 7.19. The summed E-state index contributed by atoms with van der Waals surface area (Å²) in [5.41, 5.74) is 3.30. The van der Waals surface area contributed by atoms with Crippen molar-refractivity contribution >= 4 is 34.9 Å². The van der Waals surface area contributed by atoms with Gasteiger partial charge in [0.2, 0.25) is 5.91 Å². The molecule has 0 saturated carbocycles. The first-order chi connectivity index (χ1) is 14.6. The molecule has 0 aliphatic carbocycles. The molecule has 3 amide bonds. The number of nitrogens with one attached hydrogen (secondary N) is 2. The van der Waals surface area contributed by atoms with Crippen LogP contribution in [0.25, 0.3) is 11.1 Å². The van der Waals surface area contributed by atoms with Crippen LogP contribution in [0.4, 0.5) is 16.2 Å². The number of hydrogen-bond donors (Lipinski definition) is 2. The molecule has 0 spiro atoms. The molecule has 152 valence electrons. The summed E-state index contributed by atoms with van der Waals surface area (Å²) in [6.45, 7) is 0.533. The van der Waals surface area contributed by atoms with Crippen molar-refractivity contribution in [3.8, 4) is 11.1 Å². The van der Waals surface area contributed by atoms with E-state index in [-0.39, 0.29) is 11.9 Å². The summed E-state index contributed by atoms with van der Waals surface area (Å²) in [7, 11) is 0. The van der Waals surface area contributed by atoms with E-state index >= 15 is 0 Å².